The summed E-state index contributed by atoms with van der Waals surface area (Å²) in [6.07, 6.45) is 0. The number of benzene rings is 11. The van der Waals surface area contributed by atoms with Crippen LogP contribution in [0.1, 0.15) is 78.5 Å². The standard InChI is InChI=1S/C69H50N4/c1-43(2)46-24-32-49(33-25-46)72(50-36-28-48(71-5)29-37-50)53-38-39-60-61(40-53)54-14-6-8-18-58(54)67-66-59-19-9-7-17-57(59)65(73(51-30-22-45(42-70)23-31-51)52-34-26-47(27-35-52)44(3)4)41-64(66)69(68(60)67)62-20-12-10-15-55(62)56-16-11-13-21-63(56)69/h6-41,43-44H,1-4H3. The van der Waals surface area contributed by atoms with Gasteiger partial charge in [-0.3, -0.25) is 0 Å². The van der Waals surface area contributed by atoms with Gasteiger partial charge in [-0.1, -0.05) is 167 Å². The monoisotopic (exact) mass is 934 g/mol. The first-order valence-corrected chi connectivity index (χ1v) is 25.3. The Morgan fingerprint density at radius 3 is 1.44 bits per heavy atom. The Bertz CT molecular complexity index is 4050. The van der Waals surface area contributed by atoms with Gasteiger partial charge in [0, 0.05) is 33.8 Å². The van der Waals surface area contributed by atoms with Gasteiger partial charge in [0.05, 0.1) is 29.3 Å². The lowest BCUT2D eigenvalue weighted by Gasteiger charge is -2.34. The van der Waals surface area contributed by atoms with Gasteiger partial charge < -0.3 is 9.80 Å². The van der Waals surface area contributed by atoms with Crippen LogP contribution in [0.25, 0.3) is 59.4 Å². The fourth-order valence-corrected chi connectivity index (χ4v) is 12.3. The van der Waals surface area contributed by atoms with Crippen LogP contribution in [0.4, 0.5) is 39.8 Å². The van der Waals surface area contributed by atoms with E-state index in [-0.39, 0.29) is 0 Å². The van der Waals surface area contributed by atoms with Crippen molar-refractivity contribution in [3.8, 4) is 28.3 Å². The van der Waals surface area contributed by atoms with Crippen LogP contribution in [-0.2, 0) is 5.41 Å². The average Bonchev–Trinajstić information content (AvgIpc) is 3.92. The van der Waals surface area contributed by atoms with E-state index in [0.717, 1.165) is 39.5 Å². The fourth-order valence-electron chi connectivity index (χ4n) is 12.3. The van der Waals surface area contributed by atoms with Crippen LogP contribution in [0.15, 0.2) is 218 Å². The lowest BCUT2D eigenvalue weighted by molar-refractivity contribution is 0.802. The van der Waals surface area contributed by atoms with E-state index in [0.29, 0.717) is 23.1 Å². The fraction of sp³-hybridized carbons (Fsp3) is 0.101. The lowest BCUT2D eigenvalue weighted by Crippen LogP contribution is -2.26. The zero-order valence-electron chi connectivity index (χ0n) is 41.2. The largest absolute Gasteiger partial charge is 0.311 e. The van der Waals surface area contributed by atoms with E-state index < -0.39 is 5.41 Å². The van der Waals surface area contributed by atoms with Crippen LogP contribution in [-0.4, -0.2) is 0 Å². The van der Waals surface area contributed by atoms with Crippen LogP contribution in [0, 0.1) is 17.9 Å². The van der Waals surface area contributed by atoms with Crippen molar-refractivity contribution in [1.82, 2.24) is 0 Å². The Balaban J connectivity index is 1.15. The van der Waals surface area contributed by atoms with E-state index in [9.17, 15) is 5.26 Å². The van der Waals surface area contributed by atoms with Crippen molar-refractivity contribution in [3.63, 3.8) is 0 Å². The van der Waals surface area contributed by atoms with Crippen molar-refractivity contribution in [2.45, 2.75) is 44.9 Å². The topological polar surface area (TPSA) is 34.6 Å². The highest BCUT2D eigenvalue weighted by Crippen LogP contribution is 2.67. The summed E-state index contributed by atoms with van der Waals surface area (Å²) in [5.74, 6) is 0.788. The Morgan fingerprint density at radius 2 is 0.890 bits per heavy atom. The third kappa shape index (κ3) is 6.58. The molecule has 0 unspecified atom stereocenters. The maximum Gasteiger partial charge on any atom is 0.187 e. The molecule has 0 heterocycles. The van der Waals surface area contributed by atoms with Gasteiger partial charge in [-0.2, -0.15) is 5.26 Å². The van der Waals surface area contributed by atoms with E-state index >= 15 is 0 Å². The number of rotatable bonds is 8. The van der Waals surface area contributed by atoms with Crippen LogP contribution >= 0.6 is 0 Å². The van der Waals surface area contributed by atoms with Crippen molar-refractivity contribution < 1.29 is 0 Å². The molecule has 4 nitrogen and oxygen atoms in total. The first kappa shape index (κ1) is 43.8. The summed E-state index contributed by atoms with van der Waals surface area (Å²) in [5.41, 5.74) is 19.4. The summed E-state index contributed by atoms with van der Waals surface area (Å²) in [6.45, 7) is 16.7. The molecule has 0 amide bonds. The van der Waals surface area contributed by atoms with Crippen LogP contribution in [0.2, 0.25) is 0 Å². The smallest absolute Gasteiger partial charge is 0.187 e. The normalized spacial score (nSPS) is 12.7. The second-order valence-corrected chi connectivity index (χ2v) is 20.2. The quantitative estimate of drug-likeness (QED) is 0.112. The minimum atomic E-state index is -0.708. The van der Waals surface area contributed by atoms with E-state index in [2.05, 4.69) is 243 Å². The highest BCUT2D eigenvalue weighted by atomic mass is 15.1. The van der Waals surface area contributed by atoms with E-state index in [1.807, 2.05) is 24.3 Å². The minimum absolute atomic E-state index is 0.385. The molecule has 1 spiro atoms. The van der Waals surface area contributed by atoms with Gasteiger partial charge in [-0.25, -0.2) is 4.85 Å². The van der Waals surface area contributed by atoms with Crippen LogP contribution < -0.4 is 9.80 Å². The lowest BCUT2D eigenvalue weighted by atomic mass is 9.69. The molecule has 2 aliphatic rings. The average molecular weight is 935 g/mol. The summed E-state index contributed by atoms with van der Waals surface area (Å²) >= 11 is 0. The Hall–Kier alpha value is -9.22. The molecular weight excluding hydrogens is 885 g/mol. The van der Waals surface area contributed by atoms with Crippen molar-refractivity contribution in [2.24, 2.45) is 0 Å². The molecule has 2 aliphatic carbocycles. The number of anilines is 6. The van der Waals surface area contributed by atoms with Gasteiger partial charge >= 0.3 is 0 Å². The maximum absolute atomic E-state index is 9.96. The summed E-state index contributed by atoms with van der Waals surface area (Å²) in [5, 5.41) is 17.1. The maximum atomic E-state index is 9.96. The van der Waals surface area contributed by atoms with Crippen molar-refractivity contribution in [3.05, 3.63) is 269 Å². The van der Waals surface area contributed by atoms with Crippen LogP contribution in [0.3, 0.4) is 0 Å². The molecule has 0 bridgehead atoms. The van der Waals surface area contributed by atoms with Crippen molar-refractivity contribution in [2.75, 3.05) is 9.80 Å². The van der Waals surface area contributed by atoms with Gasteiger partial charge in [0.25, 0.3) is 0 Å². The molecule has 0 saturated heterocycles. The Morgan fingerprint density at radius 1 is 0.425 bits per heavy atom. The minimum Gasteiger partial charge on any atom is -0.311 e. The number of fused-ring (bicyclic) bond motifs is 17. The molecule has 11 aromatic rings. The van der Waals surface area contributed by atoms with Crippen molar-refractivity contribution >= 4 is 72.1 Å². The molecule has 0 N–H and O–H groups in total. The highest BCUT2D eigenvalue weighted by molar-refractivity contribution is 6.24. The molecule has 346 valence electrons. The summed E-state index contributed by atoms with van der Waals surface area (Å²) in [7, 11) is 0. The second-order valence-electron chi connectivity index (χ2n) is 20.2. The molecule has 0 fully saturated rings. The summed E-state index contributed by atoms with van der Waals surface area (Å²) in [6, 6.07) is 82.0. The number of nitriles is 1. The number of nitrogens with zero attached hydrogens (tertiary/aromatic N) is 4. The Kier molecular flexibility index (Phi) is 10.2. The number of hydrogen-bond acceptors (Lipinski definition) is 3. The molecule has 0 atom stereocenters. The first-order valence-electron chi connectivity index (χ1n) is 25.3. The first-order chi connectivity index (χ1) is 35.8. The predicted octanol–water partition coefficient (Wildman–Crippen LogP) is 19.1. The third-order valence-electron chi connectivity index (χ3n) is 15.6. The molecule has 0 aliphatic heterocycles. The zero-order chi connectivity index (χ0) is 49.5. The highest BCUT2D eigenvalue weighted by Gasteiger charge is 2.54. The summed E-state index contributed by atoms with van der Waals surface area (Å²) in [4.78, 5) is 8.46. The zero-order valence-corrected chi connectivity index (χ0v) is 41.2. The van der Waals surface area contributed by atoms with Gasteiger partial charge in [0.2, 0.25) is 0 Å². The van der Waals surface area contributed by atoms with Gasteiger partial charge in [0.15, 0.2) is 5.69 Å². The third-order valence-corrected chi connectivity index (χ3v) is 15.6. The van der Waals surface area contributed by atoms with E-state index in [4.69, 9.17) is 6.57 Å². The second kappa shape index (κ2) is 17.0. The van der Waals surface area contributed by atoms with E-state index in [1.54, 1.807) is 0 Å². The molecule has 0 saturated carbocycles. The molecule has 0 aromatic heterocycles. The van der Waals surface area contributed by atoms with Gasteiger partial charge in [-0.05, 0) is 173 Å². The number of hydrogen-bond donors (Lipinski definition) is 0. The molecule has 11 aromatic carbocycles. The van der Waals surface area contributed by atoms with Gasteiger partial charge in [0.1, 0.15) is 0 Å². The Labute approximate surface area is 427 Å². The predicted molar refractivity (Wildman–Crippen MR) is 304 cm³/mol. The summed E-state index contributed by atoms with van der Waals surface area (Å²) < 4.78 is 0. The molecule has 0 radical (unpaired) electrons. The van der Waals surface area contributed by atoms with Crippen molar-refractivity contribution in [1.29, 1.82) is 5.26 Å². The molecule has 73 heavy (non-hydrogen) atoms. The van der Waals surface area contributed by atoms with Gasteiger partial charge in [-0.15, -0.1) is 0 Å². The van der Waals surface area contributed by atoms with E-state index in [1.165, 1.54) is 82.6 Å². The molecule has 4 heteroatoms. The SMILES string of the molecule is [C-]#[N+]c1ccc(N(c2ccc(C(C)C)cc2)c2ccc3c4c(c5ccccc5c3c2)-c2c(cc(N(c3ccc(C#N)cc3)c3ccc(C(C)C)cc3)c3ccccc23)C42c3ccccc3-c3ccccc32)cc1. The molecular formula is C69H50N4. The van der Waals surface area contributed by atoms with Crippen LogP contribution in [0.5, 0.6) is 0 Å². The molecule has 13 rings (SSSR count).